The average molecular weight is 397 g/mol. The van der Waals surface area contributed by atoms with Gasteiger partial charge in [-0.1, -0.05) is 18.2 Å². The van der Waals surface area contributed by atoms with E-state index >= 15 is 0 Å². The Bertz CT molecular complexity index is 1260. The summed E-state index contributed by atoms with van der Waals surface area (Å²) >= 11 is 0. The van der Waals surface area contributed by atoms with Gasteiger partial charge in [-0.15, -0.1) is 0 Å². The molecule has 0 spiro atoms. The summed E-state index contributed by atoms with van der Waals surface area (Å²) in [6.45, 7) is -0.453. The monoisotopic (exact) mass is 397 g/mol. The maximum absolute atomic E-state index is 12.7. The molecule has 0 saturated carbocycles. The number of benzene rings is 2. The minimum absolute atomic E-state index is 0.290. The number of para-hydroxylation sites is 1. The van der Waals surface area contributed by atoms with Crippen molar-refractivity contribution >= 4 is 28.5 Å². The van der Waals surface area contributed by atoms with Crippen LogP contribution in [0.5, 0.6) is 0 Å². The Hall–Kier alpha value is -4.44. The fourth-order valence-corrected chi connectivity index (χ4v) is 2.93. The van der Waals surface area contributed by atoms with Gasteiger partial charge in [0.1, 0.15) is 5.69 Å². The number of furan rings is 1. The minimum Gasteiger partial charge on any atom is -0.463 e. The van der Waals surface area contributed by atoms with Crippen LogP contribution in [0.1, 0.15) is 15.9 Å². The highest BCUT2D eigenvalue weighted by atomic mass is 16.5. The molecule has 2 heterocycles. The summed E-state index contributed by atoms with van der Waals surface area (Å²) in [5.41, 5.74) is 2.38. The smallest absolute Gasteiger partial charge is 0.339 e. The van der Waals surface area contributed by atoms with Crippen LogP contribution in [0.15, 0.2) is 77.4 Å². The molecule has 2 aromatic carbocycles. The zero-order valence-corrected chi connectivity index (χ0v) is 15.7. The second kappa shape index (κ2) is 8.29. The molecule has 0 aliphatic rings. The predicted molar refractivity (Wildman–Crippen MR) is 110 cm³/mol. The van der Waals surface area contributed by atoms with Crippen molar-refractivity contribution in [2.75, 3.05) is 11.9 Å². The van der Waals surface area contributed by atoms with Crippen LogP contribution in [-0.4, -0.2) is 23.5 Å². The summed E-state index contributed by atoms with van der Waals surface area (Å²) in [6, 6.07) is 20.6. The van der Waals surface area contributed by atoms with Gasteiger partial charge in [0.25, 0.3) is 5.91 Å². The number of carbonyl (C=O) groups excluding carboxylic acids is 2. The highest BCUT2D eigenvalue weighted by Crippen LogP contribution is 2.25. The van der Waals surface area contributed by atoms with Gasteiger partial charge in [-0.05, 0) is 48.5 Å². The van der Waals surface area contributed by atoms with E-state index in [4.69, 9.17) is 14.4 Å². The highest BCUT2D eigenvalue weighted by Gasteiger charge is 2.17. The van der Waals surface area contributed by atoms with Crippen LogP contribution in [0.2, 0.25) is 0 Å². The van der Waals surface area contributed by atoms with Crippen LogP contribution in [0.25, 0.3) is 22.4 Å². The maximum Gasteiger partial charge on any atom is 0.339 e. The van der Waals surface area contributed by atoms with E-state index in [9.17, 15) is 9.59 Å². The molecule has 2 aromatic heterocycles. The lowest BCUT2D eigenvalue weighted by Crippen LogP contribution is -2.21. The Balaban J connectivity index is 1.51. The van der Waals surface area contributed by atoms with Gasteiger partial charge in [0, 0.05) is 11.1 Å². The first-order chi connectivity index (χ1) is 14.6. The maximum atomic E-state index is 12.7. The van der Waals surface area contributed by atoms with Crippen LogP contribution < -0.4 is 5.32 Å². The van der Waals surface area contributed by atoms with Crippen molar-refractivity contribution in [2.45, 2.75) is 0 Å². The first-order valence-corrected chi connectivity index (χ1v) is 9.05. The number of hydrogen-bond acceptors (Lipinski definition) is 6. The number of esters is 1. The van der Waals surface area contributed by atoms with Gasteiger partial charge in [0.15, 0.2) is 12.4 Å². The molecule has 0 bridgehead atoms. The molecule has 0 atom stereocenters. The number of ether oxygens (including phenoxy) is 1. The minimum atomic E-state index is -0.642. The molecule has 4 aromatic rings. The van der Waals surface area contributed by atoms with E-state index in [2.05, 4.69) is 10.3 Å². The van der Waals surface area contributed by atoms with E-state index in [-0.39, 0.29) is 5.56 Å². The molecule has 146 valence electrons. The number of nitrogens with one attached hydrogen (secondary N) is 1. The number of anilines is 1. The number of amides is 1. The van der Waals surface area contributed by atoms with E-state index in [1.54, 1.807) is 60.7 Å². The molecule has 0 unspecified atom stereocenters. The molecule has 1 N–H and O–H groups in total. The molecule has 0 aliphatic heterocycles. The summed E-state index contributed by atoms with van der Waals surface area (Å²) in [6.07, 6.45) is 1.53. The Morgan fingerprint density at radius 3 is 2.60 bits per heavy atom. The van der Waals surface area contributed by atoms with Crippen molar-refractivity contribution in [3.8, 4) is 17.5 Å². The summed E-state index contributed by atoms with van der Waals surface area (Å²) in [7, 11) is 0. The van der Waals surface area contributed by atoms with Gasteiger partial charge in [-0.25, -0.2) is 9.78 Å². The third kappa shape index (κ3) is 4.03. The first-order valence-electron chi connectivity index (χ1n) is 9.05. The molecule has 0 radical (unpaired) electrons. The number of nitrogens with zero attached hydrogens (tertiary/aromatic N) is 2. The fraction of sp³-hybridized carbons (Fsp3) is 0.0435. The normalized spacial score (nSPS) is 10.4. The molecule has 30 heavy (non-hydrogen) atoms. The SMILES string of the molecule is N#Cc1ccc(NC(=O)COC(=O)c2cc(-c3ccco3)nc3ccccc23)cc1. The van der Waals surface area contributed by atoms with Gasteiger partial charge in [-0.3, -0.25) is 4.79 Å². The molecular weight excluding hydrogens is 382 g/mol. The third-order valence-electron chi connectivity index (χ3n) is 4.34. The van der Waals surface area contributed by atoms with Crippen molar-refractivity contribution < 1.29 is 18.7 Å². The van der Waals surface area contributed by atoms with Crippen molar-refractivity contribution in [1.29, 1.82) is 5.26 Å². The van der Waals surface area contributed by atoms with Crippen LogP contribution in [0, 0.1) is 11.3 Å². The van der Waals surface area contributed by atoms with Crippen molar-refractivity contribution in [1.82, 2.24) is 4.98 Å². The molecule has 0 aliphatic carbocycles. The Morgan fingerprint density at radius 1 is 1.07 bits per heavy atom. The second-order valence-electron chi connectivity index (χ2n) is 6.36. The van der Waals surface area contributed by atoms with Gasteiger partial charge in [-0.2, -0.15) is 5.26 Å². The van der Waals surface area contributed by atoms with Crippen molar-refractivity contribution in [3.63, 3.8) is 0 Å². The van der Waals surface area contributed by atoms with Crippen molar-refractivity contribution in [2.24, 2.45) is 0 Å². The Kier molecular flexibility index (Phi) is 5.22. The number of pyridine rings is 1. The third-order valence-corrected chi connectivity index (χ3v) is 4.34. The molecule has 7 heteroatoms. The number of carbonyl (C=O) groups is 2. The topological polar surface area (TPSA) is 105 Å². The molecule has 7 nitrogen and oxygen atoms in total. The number of fused-ring (bicyclic) bond motifs is 1. The zero-order valence-electron chi connectivity index (χ0n) is 15.7. The molecule has 4 rings (SSSR count). The van der Waals surface area contributed by atoms with E-state index in [0.717, 1.165) is 0 Å². The number of aromatic nitrogens is 1. The molecular formula is C23H15N3O4. The second-order valence-corrected chi connectivity index (χ2v) is 6.36. The Morgan fingerprint density at radius 2 is 1.87 bits per heavy atom. The van der Waals surface area contributed by atoms with Crippen LogP contribution in [0.3, 0.4) is 0 Å². The van der Waals surface area contributed by atoms with E-state index < -0.39 is 18.5 Å². The van der Waals surface area contributed by atoms with Gasteiger partial charge in [0.05, 0.1) is 29.0 Å². The van der Waals surface area contributed by atoms with Crippen LogP contribution in [0.4, 0.5) is 5.69 Å². The number of hydrogen-bond donors (Lipinski definition) is 1. The van der Waals surface area contributed by atoms with Crippen molar-refractivity contribution in [3.05, 3.63) is 84.1 Å². The average Bonchev–Trinajstić information content (AvgIpc) is 3.32. The summed E-state index contributed by atoms with van der Waals surface area (Å²) in [4.78, 5) is 29.4. The van der Waals surface area contributed by atoms with Gasteiger partial charge in [0.2, 0.25) is 0 Å². The van der Waals surface area contributed by atoms with Gasteiger partial charge >= 0.3 is 5.97 Å². The summed E-state index contributed by atoms with van der Waals surface area (Å²) < 4.78 is 10.6. The van der Waals surface area contributed by atoms with E-state index in [1.165, 1.54) is 6.26 Å². The summed E-state index contributed by atoms with van der Waals surface area (Å²) in [5, 5.41) is 12.0. The number of nitriles is 1. The van der Waals surface area contributed by atoms with E-state index in [1.807, 2.05) is 12.1 Å². The van der Waals surface area contributed by atoms with Crippen LogP contribution in [-0.2, 0) is 9.53 Å². The summed E-state index contributed by atoms with van der Waals surface area (Å²) in [5.74, 6) is -0.609. The fourth-order valence-electron chi connectivity index (χ4n) is 2.93. The molecule has 0 saturated heterocycles. The highest BCUT2D eigenvalue weighted by molar-refractivity contribution is 6.05. The largest absolute Gasteiger partial charge is 0.463 e. The van der Waals surface area contributed by atoms with Crippen LogP contribution >= 0.6 is 0 Å². The lowest BCUT2D eigenvalue weighted by Gasteiger charge is -2.10. The zero-order chi connectivity index (χ0) is 20.9. The van der Waals surface area contributed by atoms with Gasteiger partial charge < -0.3 is 14.5 Å². The first kappa shape index (κ1) is 18.9. The lowest BCUT2D eigenvalue weighted by molar-refractivity contribution is -0.119. The van der Waals surface area contributed by atoms with E-state index in [0.29, 0.717) is 33.6 Å². The Labute approximate surface area is 171 Å². The molecule has 0 fully saturated rings. The standard InChI is InChI=1S/C23H15N3O4/c24-13-15-7-9-16(10-8-15)25-22(27)14-30-23(28)18-12-20(21-6-3-11-29-21)26-19-5-2-1-4-17(18)19/h1-12H,14H2,(H,25,27). The molecule has 1 amide bonds. The number of rotatable bonds is 5. The lowest BCUT2D eigenvalue weighted by atomic mass is 10.1. The predicted octanol–water partition coefficient (Wildman–Crippen LogP) is 4.16. The quantitative estimate of drug-likeness (QED) is 0.507.